The molecule has 0 spiro atoms. The molecule has 0 amide bonds. The van der Waals surface area contributed by atoms with Crippen LogP contribution in [0.3, 0.4) is 0 Å². The summed E-state index contributed by atoms with van der Waals surface area (Å²) in [5, 5.41) is 11.6. The molecule has 2 fully saturated rings. The molecule has 2 aromatic rings. The predicted octanol–water partition coefficient (Wildman–Crippen LogP) is 4.66. The van der Waals surface area contributed by atoms with Crippen LogP contribution in [-0.2, 0) is 30.1 Å². The number of aliphatic hydroxyl groups is 1. The van der Waals surface area contributed by atoms with Gasteiger partial charge < -0.3 is 33.5 Å². The average Bonchev–Trinajstić information content (AvgIpc) is 2.85. The van der Waals surface area contributed by atoms with Crippen LogP contribution in [0.25, 0.3) is 0 Å². The second-order valence-electron chi connectivity index (χ2n) is 9.32. The largest absolute Gasteiger partial charge is 0.494 e. The molecule has 7 nitrogen and oxygen atoms in total. The van der Waals surface area contributed by atoms with E-state index >= 15 is 0 Å². The van der Waals surface area contributed by atoms with Crippen LogP contribution in [0.5, 0.6) is 5.75 Å². The Labute approximate surface area is 212 Å². The van der Waals surface area contributed by atoms with E-state index in [1.807, 2.05) is 56.3 Å². The predicted molar refractivity (Wildman–Crippen MR) is 132 cm³/mol. The lowest BCUT2D eigenvalue weighted by atomic mass is 9.88. The van der Waals surface area contributed by atoms with Gasteiger partial charge in [-0.3, -0.25) is 0 Å². The minimum absolute atomic E-state index is 0.483. The Hall–Kier alpha value is -1.71. The molecule has 2 aliphatic heterocycles. The van der Waals surface area contributed by atoms with Crippen molar-refractivity contribution in [1.82, 2.24) is 0 Å². The minimum atomic E-state index is -1.22. The lowest BCUT2D eigenvalue weighted by molar-refractivity contribution is -0.472. The van der Waals surface area contributed by atoms with E-state index in [0.717, 1.165) is 22.4 Å². The Morgan fingerprint density at radius 2 is 1.60 bits per heavy atom. The highest BCUT2D eigenvalue weighted by molar-refractivity contribution is 6.31. The van der Waals surface area contributed by atoms with Crippen LogP contribution in [0.2, 0.25) is 5.02 Å². The maximum absolute atomic E-state index is 10.9. The third-order valence-corrected chi connectivity index (χ3v) is 7.52. The summed E-state index contributed by atoms with van der Waals surface area (Å²) in [6.45, 7) is 7.91. The molecule has 2 saturated heterocycles. The Bertz CT molecular complexity index is 1020. The highest BCUT2D eigenvalue weighted by atomic mass is 35.5. The zero-order valence-corrected chi connectivity index (χ0v) is 21.9. The van der Waals surface area contributed by atoms with Crippen molar-refractivity contribution in [2.45, 2.75) is 76.2 Å². The van der Waals surface area contributed by atoms with Gasteiger partial charge in [-0.2, -0.15) is 0 Å². The van der Waals surface area contributed by atoms with Gasteiger partial charge in [0.05, 0.1) is 12.7 Å². The Kier molecular flexibility index (Phi) is 7.79. The molecule has 0 aliphatic carbocycles. The van der Waals surface area contributed by atoms with Gasteiger partial charge in [0, 0.05) is 19.2 Å². The van der Waals surface area contributed by atoms with Crippen molar-refractivity contribution in [3.63, 3.8) is 0 Å². The van der Waals surface area contributed by atoms with E-state index < -0.39 is 42.1 Å². The molecule has 0 radical (unpaired) electrons. The molecule has 1 N–H and O–H groups in total. The van der Waals surface area contributed by atoms with Crippen LogP contribution in [-0.4, -0.2) is 61.9 Å². The van der Waals surface area contributed by atoms with Crippen LogP contribution in [0.1, 0.15) is 50.5 Å². The summed E-state index contributed by atoms with van der Waals surface area (Å²) < 4.78 is 35.9. The third kappa shape index (κ3) is 4.96. The van der Waals surface area contributed by atoms with E-state index in [1.165, 1.54) is 14.2 Å². The second kappa shape index (κ2) is 10.3. The summed E-state index contributed by atoms with van der Waals surface area (Å²) in [7, 11) is 3.07. The molecule has 35 heavy (non-hydrogen) atoms. The fourth-order valence-corrected chi connectivity index (χ4v) is 4.94. The molecule has 0 saturated carbocycles. The SMILES string of the molecule is CCOc1ccc(Cc2cc([C@@H]3O[C@H](C)[C@@H](O)[C@@H]4OC(C)(OC)C(C)(OC)O[C@H]43)ccc2Cl)cc1. The number of halogens is 1. The number of aliphatic hydroxyl groups excluding tert-OH is 1. The first-order chi connectivity index (χ1) is 16.6. The van der Waals surface area contributed by atoms with Crippen LogP contribution in [0.15, 0.2) is 42.5 Å². The van der Waals surface area contributed by atoms with Crippen molar-refractivity contribution in [3.8, 4) is 5.75 Å². The number of hydrogen-bond acceptors (Lipinski definition) is 7. The second-order valence-corrected chi connectivity index (χ2v) is 9.73. The molecular weight excluding hydrogens is 472 g/mol. The maximum atomic E-state index is 10.9. The fraction of sp³-hybridized carbons (Fsp3) is 0.556. The van der Waals surface area contributed by atoms with Gasteiger partial charge in [0.15, 0.2) is 0 Å². The van der Waals surface area contributed by atoms with E-state index in [1.54, 1.807) is 13.8 Å². The molecule has 7 atom stereocenters. The first kappa shape index (κ1) is 26.4. The van der Waals surface area contributed by atoms with E-state index in [4.69, 9.17) is 40.0 Å². The van der Waals surface area contributed by atoms with Crippen LogP contribution >= 0.6 is 11.6 Å². The molecule has 8 heteroatoms. The topological polar surface area (TPSA) is 75.6 Å². The van der Waals surface area contributed by atoms with Gasteiger partial charge in [-0.15, -0.1) is 0 Å². The van der Waals surface area contributed by atoms with Crippen LogP contribution < -0.4 is 4.74 Å². The van der Waals surface area contributed by atoms with Crippen molar-refractivity contribution in [3.05, 3.63) is 64.2 Å². The van der Waals surface area contributed by atoms with Crippen molar-refractivity contribution < 1.29 is 33.5 Å². The van der Waals surface area contributed by atoms with Gasteiger partial charge in [-0.1, -0.05) is 35.9 Å². The Morgan fingerprint density at radius 3 is 2.20 bits per heavy atom. The first-order valence-electron chi connectivity index (χ1n) is 11.9. The molecule has 0 bridgehead atoms. The van der Waals surface area contributed by atoms with E-state index in [0.29, 0.717) is 18.1 Å². The van der Waals surface area contributed by atoms with Crippen LogP contribution in [0.4, 0.5) is 0 Å². The number of fused-ring (bicyclic) bond motifs is 1. The number of rotatable bonds is 7. The van der Waals surface area contributed by atoms with Gasteiger partial charge in [-0.05, 0) is 69.0 Å². The normalized spacial score (nSPS) is 34.9. The zero-order valence-electron chi connectivity index (χ0n) is 21.1. The molecule has 2 aliphatic rings. The molecular formula is C27H35ClO7. The van der Waals surface area contributed by atoms with Crippen molar-refractivity contribution in [1.29, 1.82) is 0 Å². The molecule has 2 heterocycles. The highest BCUT2D eigenvalue weighted by Crippen LogP contribution is 2.47. The molecule has 0 aromatic heterocycles. The summed E-state index contributed by atoms with van der Waals surface area (Å²) in [5.74, 6) is -1.60. The highest BCUT2D eigenvalue weighted by Gasteiger charge is 2.61. The summed E-state index contributed by atoms with van der Waals surface area (Å²) in [6, 6.07) is 13.8. The molecule has 192 valence electrons. The van der Waals surface area contributed by atoms with Crippen molar-refractivity contribution >= 4 is 11.6 Å². The smallest absolute Gasteiger partial charge is 0.220 e. The van der Waals surface area contributed by atoms with Gasteiger partial charge in [0.1, 0.15) is 30.2 Å². The zero-order chi connectivity index (χ0) is 25.4. The van der Waals surface area contributed by atoms with Crippen LogP contribution in [0, 0.1) is 0 Å². The standard InChI is InChI=1S/C27H35ClO7/c1-7-32-20-11-8-17(9-12-20)14-19-15-18(10-13-21(19)28)23-25-24(22(29)16(2)33-23)34-26(3,30-5)27(4,31-6)35-25/h8-13,15-16,22-25,29H,7,14H2,1-6H3/t16-,22-,23+,24+,25+,26?,27?/m1/s1. The number of hydrogen-bond donors (Lipinski definition) is 1. The Morgan fingerprint density at radius 1 is 0.971 bits per heavy atom. The van der Waals surface area contributed by atoms with E-state index in [2.05, 4.69) is 0 Å². The third-order valence-electron chi connectivity index (χ3n) is 7.15. The monoisotopic (exact) mass is 506 g/mol. The van der Waals surface area contributed by atoms with Gasteiger partial charge >= 0.3 is 0 Å². The van der Waals surface area contributed by atoms with E-state index in [-0.39, 0.29) is 0 Å². The van der Waals surface area contributed by atoms with Crippen molar-refractivity contribution in [2.75, 3.05) is 20.8 Å². The first-order valence-corrected chi connectivity index (χ1v) is 12.3. The number of benzene rings is 2. The van der Waals surface area contributed by atoms with Crippen molar-refractivity contribution in [2.24, 2.45) is 0 Å². The quantitative estimate of drug-likeness (QED) is 0.585. The molecule has 2 aromatic carbocycles. The maximum Gasteiger partial charge on any atom is 0.220 e. The number of methoxy groups -OCH3 is 2. The summed E-state index contributed by atoms with van der Waals surface area (Å²) >= 11 is 6.58. The lowest BCUT2D eigenvalue weighted by Crippen LogP contribution is -2.70. The van der Waals surface area contributed by atoms with Gasteiger partial charge in [0.2, 0.25) is 11.6 Å². The van der Waals surface area contributed by atoms with E-state index in [9.17, 15) is 5.11 Å². The average molecular weight is 507 g/mol. The Balaban J connectivity index is 1.64. The van der Waals surface area contributed by atoms with Gasteiger partial charge in [-0.25, -0.2) is 0 Å². The molecule has 2 unspecified atom stereocenters. The lowest BCUT2D eigenvalue weighted by Gasteiger charge is -2.56. The summed E-state index contributed by atoms with van der Waals surface area (Å²) in [6.07, 6.45) is -2.56. The number of ether oxygens (including phenoxy) is 6. The summed E-state index contributed by atoms with van der Waals surface area (Å²) in [4.78, 5) is 0. The fourth-order valence-electron chi connectivity index (χ4n) is 4.75. The molecule has 4 rings (SSSR count). The summed E-state index contributed by atoms with van der Waals surface area (Å²) in [5.41, 5.74) is 2.95. The minimum Gasteiger partial charge on any atom is -0.494 e. The van der Waals surface area contributed by atoms with Gasteiger partial charge in [0.25, 0.3) is 0 Å².